The summed E-state index contributed by atoms with van der Waals surface area (Å²) >= 11 is 5.14. The number of halogens is 1. The van der Waals surface area contributed by atoms with Crippen LogP contribution in [-0.4, -0.2) is 28.9 Å². The van der Waals surface area contributed by atoms with Crippen LogP contribution < -0.4 is 14.9 Å². The Labute approximate surface area is 187 Å². The van der Waals surface area contributed by atoms with Gasteiger partial charge in [0.05, 0.1) is 17.1 Å². The number of hydrogen-bond acceptors (Lipinski definition) is 5. The van der Waals surface area contributed by atoms with E-state index in [1.165, 1.54) is 11.3 Å². The molecule has 0 spiro atoms. The Morgan fingerprint density at radius 2 is 2.07 bits per heavy atom. The highest BCUT2D eigenvalue weighted by Crippen LogP contribution is 2.33. The average Bonchev–Trinajstić information content (AvgIpc) is 3.09. The normalized spacial score (nSPS) is 14.5. The number of benzene rings is 2. The highest BCUT2D eigenvalue weighted by molar-refractivity contribution is 9.10. The Morgan fingerprint density at radius 3 is 2.83 bits per heavy atom. The maximum Gasteiger partial charge on any atom is 0.262 e. The maximum atomic E-state index is 11.7. The summed E-state index contributed by atoms with van der Waals surface area (Å²) in [4.78, 5) is 17.3. The first-order valence-electron chi connectivity index (χ1n) is 9.54. The highest BCUT2D eigenvalue weighted by atomic mass is 79.9. The molecule has 1 amide bonds. The fourth-order valence-corrected chi connectivity index (χ4v) is 4.64. The fourth-order valence-electron chi connectivity index (χ4n) is 3.11. The van der Waals surface area contributed by atoms with E-state index in [2.05, 4.69) is 21.2 Å². The molecule has 4 rings (SSSR count). The predicted molar refractivity (Wildman–Crippen MR) is 124 cm³/mol. The molecule has 1 aliphatic heterocycles. The van der Waals surface area contributed by atoms with Gasteiger partial charge in [-0.15, -0.1) is 11.3 Å². The van der Waals surface area contributed by atoms with Crippen molar-refractivity contribution in [1.82, 2.24) is 4.68 Å². The molecule has 0 radical (unpaired) electrons. The third-order valence-electron chi connectivity index (χ3n) is 4.48. The molecule has 0 bridgehead atoms. The van der Waals surface area contributed by atoms with Crippen molar-refractivity contribution in [3.05, 3.63) is 62.7 Å². The van der Waals surface area contributed by atoms with Gasteiger partial charge < -0.3 is 10.1 Å². The zero-order chi connectivity index (χ0) is 21.3. The van der Waals surface area contributed by atoms with Gasteiger partial charge in [-0.3, -0.25) is 9.79 Å². The summed E-state index contributed by atoms with van der Waals surface area (Å²) in [6.07, 6.45) is 0. The van der Waals surface area contributed by atoms with E-state index in [-0.39, 0.29) is 18.6 Å². The van der Waals surface area contributed by atoms with E-state index in [4.69, 9.17) is 14.8 Å². The van der Waals surface area contributed by atoms with Gasteiger partial charge >= 0.3 is 0 Å². The van der Waals surface area contributed by atoms with Crippen LogP contribution in [0.15, 0.2) is 62.4 Å². The van der Waals surface area contributed by atoms with Gasteiger partial charge in [0.25, 0.3) is 5.91 Å². The SMILES string of the molecule is CC(=Nn1c(-c2ccc3c(c2)NC(=O)CO3)csc1=NC(C)C)c1ccccc1Br. The van der Waals surface area contributed by atoms with Gasteiger partial charge in [-0.2, -0.15) is 5.10 Å². The van der Waals surface area contributed by atoms with Gasteiger partial charge in [-0.05, 0) is 45.0 Å². The molecule has 8 heteroatoms. The Kier molecular flexibility index (Phi) is 5.87. The van der Waals surface area contributed by atoms with Crippen LogP contribution in [0.1, 0.15) is 26.3 Å². The molecule has 0 fully saturated rings. The van der Waals surface area contributed by atoms with Crippen LogP contribution in [0.5, 0.6) is 5.75 Å². The summed E-state index contributed by atoms with van der Waals surface area (Å²) in [6.45, 7) is 6.10. The van der Waals surface area contributed by atoms with E-state index < -0.39 is 0 Å². The van der Waals surface area contributed by atoms with E-state index in [0.29, 0.717) is 11.4 Å². The van der Waals surface area contributed by atoms with Gasteiger partial charge in [0, 0.05) is 27.0 Å². The molecule has 30 heavy (non-hydrogen) atoms. The Hall–Kier alpha value is -2.71. The zero-order valence-electron chi connectivity index (χ0n) is 16.8. The van der Waals surface area contributed by atoms with Crippen LogP contribution in [-0.2, 0) is 4.79 Å². The van der Waals surface area contributed by atoms with E-state index in [0.717, 1.165) is 31.8 Å². The number of carbonyl (C=O) groups is 1. The third-order valence-corrected chi connectivity index (χ3v) is 6.00. The lowest BCUT2D eigenvalue weighted by atomic mass is 10.1. The van der Waals surface area contributed by atoms with Crippen molar-refractivity contribution in [3.63, 3.8) is 0 Å². The van der Waals surface area contributed by atoms with Gasteiger partial charge in [0.15, 0.2) is 6.61 Å². The summed E-state index contributed by atoms with van der Waals surface area (Å²) in [6, 6.07) is 13.9. The topological polar surface area (TPSA) is 68.0 Å². The lowest BCUT2D eigenvalue weighted by Crippen LogP contribution is -2.25. The van der Waals surface area contributed by atoms with Crippen molar-refractivity contribution in [1.29, 1.82) is 0 Å². The number of aromatic nitrogens is 1. The first-order chi connectivity index (χ1) is 14.4. The Bertz CT molecular complexity index is 1210. The Morgan fingerprint density at radius 1 is 1.27 bits per heavy atom. The standard InChI is InChI=1S/C22H21BrN4O2S/c1-13(2)24-22-27(26-14(3)16-6-4-5-7-17(16)23)19(12-30-22)15-8-9-20-18(10-15)25-21(28)11-29-20/h4-10,12-13H,11H2,1-3H3,(H,25,28). The van der Waals surface area contributed by atoms with E-state index in [1.807, 2.05) is 73.3 Å². The van der Waals surface area contributed by atoms with Crippen molar-refractivity contribution >= 4 is 44.6 Å². The molecule has 6 nitrogen and oxygen atoms in total. The van der Waals surface area contributed by atoms with Gasteiger partial charge in [0.1, 0.15) is 5.75 Å². The van der Waals surface area contributed by atoms with E-state index >= 15 is 0 Å². The number of carbonyl (C=O) groups excluding carboxylic acids is 1. The van der Waals surface area contributed by atoms with Crippen LogP contribution in [0, 0.1) is 0 Å². The molecule has 1 N–H and O–H groups in total. The number of rotatable bonds is 4. The number of hydrogen-bond donors (Lipinski definition) is 1. The lowest BCUT2D eigenvalue weighted by molar-refractivity contribution is -0.118. The number of thiazole rings is 1. The number of ether oxygens (including phenoxy) is 1. The quantitative estimate of drug-likeness (QED) is 0.535. The molecule has 0 aliphatic carbocycles. The predicted octanol–water partition coefficient (Wildman–Crippen LogP) is 4.89. The number of amides is 1. The van der Waals surface area contributed by atoms with E-state index in [9.17, 15) is 4.79 Å². The largest absolute Gasteiger partial charge is 0.482 e. The average molecular weight is 485 g/mol. The summed E-state index contributed by atoms with van der Waals surface area (Å²) < 4.78 is 8.34. The summed E-state index contributed by atoms with van der Waals surface area (Å²) in [5, 5.41) is 9.81. The number of fused-ring (bicyclic) bond motifs is 1. The second-order valence-corrected chi connectivity index (χ2v) is 8.84. The molecule has 2 heterocycles. The monoisotopic (exact) mass is 484 g/mol. The fraction of sp³-hybridized carbons (Fsp3) is 0.227. The molecule has 1 aliphatic rings. The molecule has 0 saturated carbocycles. The molecule has 0 unspecified atom stereocenters. The van der Waals surface area contributed by atoms with E-state index in [1.54, 1.807) is 0 Å². The summed E-state index contributed by atoms with van der Waals surface area (Å²) in [5.74, 6) is 0.510. The van der Waals surface area contributed by atoms with Crippen LogP contribution in [0.3, 0.4) is 0 Å². The van der Waals surface area contributed by atoms with Crippen molar-refractivity contribution in [2.45, 2.75) is 26.8 Å². The van der Waals surface area contributed by atoms with Crippen LogP contribution >= 0.6 is 27.3 Å². The molecule has 0 atom stereocenters. The zero-order valence-corrected chi connectivity index (χ0v) is 19.3. The summed E-state index contributed by atoms with van der Waals surface area (Å²) in [7, 11) is 0. The van der Waals surface area contributed by atoms with Crippen LogP contribution in [0.25, 0.3) is 11.3 Å². The molecular formula is C22H21BrN4O2S. The molecule has 1 aromatic heterocycles. The second-order valence-electron chi connectivity index (χ2n) is 7.15. The third kappa shape index (κ3) is 4.24. The molecule has 2 aromatic carbocycles. The van der Waals surface area contributed by atoms with Crippen molar-refractivity contribution < 1.29 is 9.53 Å². The number of nitrogens with zero attached hydrogens (tertiary/aromatic N) is 3. The minimum Gasteiger partial charge on any atom is -0.482 e. The van der Waals surface area contributed by atoms with Crippen LogP contribution in [0.4, 0.5) is 5.69 Å². The highest BCUT2D eigenvalue weighted by Gasteiger charge is 2.18. The summed E-state index contributed by atoms with van der Waals surface area (Å²) in [5.41, 5.74) is 4.36. The van der Waals surface area contributed by atoms with Crippen molar-refractivity contribution in [2.24, 2.45) is 10.1 Å². The first-order valence-corrected chi connectivity index (χ1v) is 11.2. The van der Waals surface area contributed by atoms with Gasteiger partial charge in [-0.25, -0.2) is 4.68 Å². The Balaban J connectivity index is 1.86. The van der Waals surface area contributed by atoms with Crippen molar-refractivity contribution in [2.75, 3.05) is 11.9 Å². The second kappa shape index (κ2) is 8.57. The smallest absolute Gasteiger partial charge is 0.262 e. The number of anilines is 1. The number of nitrogens with one attached hydrogen (secondary N) is 1. The van der Waals surface area contributed by atoms with Gasteiger partial charge in [0.2, 0.25) is 4.80 Å². The van der Waals surface area contributed by atoms with Crippen LogP contribution in [0.2, 0.25) is 0 Å². The lowest BCUT2D eigenvalue weighted by Gasteiger charge is -2.18. The molecular weight excluding hydrogens is 464 g/mol. The molecule has 154 valence electrons. The molecule has 0 saturated heterocycles. The van der Waals surface area contributed by atoms with Crippen molar-refractivity contribution in [3.8, 4) is 17.0 Å². The minimum atomic E-state index is -0.156. The molecule has 3 aromatic rings. The first kappa shape index (κ1) is 20.6. The maximum absolute atomic E-state index is 11.7. The van der Waals surface area contributed by atoms with Gasteiger partial charge in [-0.1, -0.05) is 34.1 Å². The minimum absolute atomic E-state index is 0.0393.